The number of aliphatic hydroxyl groups excluding tert-OH is 2. The number of amides is 2. The minimum atomic E-state index is -0.689. The lowest BCUT2D eigenvalue weighted by Crippen LogP contribution is -2.49. The van der Waals surface area contributed by atoms with Crippen LogP contribution in [0.4, 0.5) is 4.79 Å². The molecule has 0 saturated carbocycles. The molecule has 5 heteroatoms. The molecule has 216 valence electrons. The maximum absolute atomic E-state index is 12.1. The number of carbonyl (C=O) groups excluding carboxylic acids is 1. The van der Waals surface area contributed by atoms with E-state index in [2.05, 4.69) is 24.5 Å². The van der Waals surface area contributed by atoms with Crippen LogP contribution in [0.15, 0.2) is 0 Å². The molecule has 2 atom stereocenters. The minimum Gasteiger partial charge on any atom is -0.394 e. The quantitative estimate of drug-likeness (QED) is 0.0794. The van der Waals surface area contributed by atoms with Gasteiger partial charge in [0.1, 0.15) is 0 Å². The summed E-state index contributed by atoms with van der Waals surface area (Å²) in [5.74, 6) is 0. The summed E-state index contributed by atoms with van der Waals surface area (Å²) in [5, 5.41) is 25.6. The van der Waals surface area contributed by atoms with E-state index in [1.807, 2.05) is 0 Å². The largest absolute Gasteiger partial charge is 0.394 e. The first kappa shape index (κ1) is 35.2. The third-order valence-corrected chi connectivity index (χ3v) is 7.40. The Hall–Kier alpha value is -0.810. The van der Waals surface area contributed by atoms with E-state index in [1.54, 1.807) is 0 Å². The fourth-order valence-corrected chi connectivity index (χ4v) is 4.87. The zero-order valence-electron chi connectivity index (χ0n) is 24.3. The Morgan fingerprint density at radius 3 is 1.33 bits per heavy atom. The van der Waals surface area contributed by atoms with Crippen LogP contribution >= 0.6 is 0 Å². The zero-order valence-corrected chi connectivity index (χ0v) is 24.3. The highest BCUT2D eigenvalue weighted by atomic mass is 16.3. The second kappa shape index (κ2) is 28.8. The van der Waals surface area contributed by atoms with Crippen LogP contribution in [0, 0.1) is 0 Å². The van der Waals surface area contributed by atoms with Gasteiger partial charge in [-0.25, -0.2) is 4.79 Å². The molecule has 0 saturated heterocycles. The van der Waals surface area contributed by atoms with Gasteiger partial charge in [0.25, 0.3) is 0 Å². The lowest BCUT2D eigenvalue weighted by Gasteiger charge is -2.22. The SMILES string of the molecule is CCCCCCCCCCCCCCCC(O)C(CO)NC(=O)NCCCCCCCCCCCC. The molecule has 0 aliphatic rings. The predicted octanol–water partition coefficient (Wildman–Crippen LogP) is 8.41. The molecule has 2 amide bonds. The van der Waals surface area contributed by atoms with E-state index in [0.717, 1.165) is 25.7 Å². The van der Waals surface area contributed by atoms with Crippen molar-refractivity contribution in [2.24, 2.45) is 0 Å². The number of carbonyl (C=O) groups is 1. The van der Waals surface area contributed by atoms with E-state index in [0.29, 0.717) is 13.0 Å². The van der Waals surface area contributed by atoms with E-state index in [9.17, 15) is 15.0 Å². The second-order valence-corrected chi connectivity index (χ2v) is 11.0. The summed E-state index contributed by atoms with van der Waals surface area (Å²) in [5.41, 5.74) is 0. The average Bonchev–Trinajstić information content (AvgIpc) is 2.88. The molecule has 2 unspecified atom stereocenters. The van der Waals surface area contributed by atoms with Gasteiger partial charge in [-0.3, -0.25) is 0 Å². The summed E-state index contributed by atoms with van der Waals surface area (Å²) >= 11 is 0. The molecule has 0 aromatic heterocycles. The van der Waals surface area contributed by atoms with Gasteiger partial charge < -0.3 is 20.8 Å². The number of hydrogen-bond donors (Lipinski definition) is 4. The van der Waals surface area contributed by atoms with Crippen LogP contribution in [0.5, 0.6) is 0 Å². The van der Waals surface area contributed by atoms with Crippen molar-refractivity contribution in [3.63, 3.8) is 0 Å². The zero-order chi connectivity index (χ0) is 26.5. The maximum atomic E-state index is 12.1. The fraction of sp³-hybridized carbons (Fsp3) is 0.968. The van der Waals surface area contributed by atoms with Crippen LogP contribution < -0.4 is 10.6 Å². The predicted molar refractivity (Wildman–Crippen MR) is 156 cm³/mol. The van der Waals surface area contributed by atoms with E-state index in [4.69, 9.17) is 0 Å². The van der Waals surface area contributed by atoms with Crippen LogP contribution in [0.1, 0.15) is 168 Å². The highest BCUT2D eigenvalue weighted by molar-refractivity contribution is 5.74. The third-order valence-electron chi connectivity index (χ3n) is 7.40. The van der Waals surface area contributed by atoms with Crippen molar-refractivity contribution in [1.29, 1.82) is 0 Å². The number of unbranched alkanes of at least 4 members (excludes halogenated alkanes) is 21. The Balaban J connectivity index is 3.57. The third kappa shape index (κ3) is 24.9. The van der Waals surface area contributed by atoms with Crippen molar-refractivity contribution in [2.75, 3.05) is 13.2 Å². The summed E-state index contributed by atoms with van der Waals surface area (Å²) in [7, 11) is 0. The van der Waals surface area contributed by atoms with Gasteiger partial charge >= 0.3 is 6.03 Å². The molecule has 0 aliphatic carbocycles. The standard InChI is InChI=1S/C31H64N2O3/c1-3-5-7-9-11-13-15-16-17-18-20-22-24-26-30(35)29(28-34)33-31(36)32-27-25-23-21-19-14-12-10-8-6-4-2/h29-30,34-35H,3-28H2,1-2H3,(H2,32,33,36). The monoisotopic (exact) mass is 512 g/mol. The van der Waals surface area contributed by atoms with Gasteiger partial charge in [0.05, 0.1) is 18.8 Å². The van der Waals surface area contributed by atoms with Crippen LogP contribution in [0.2, 0.25) is 0 Å². The average molecular weight is 513 g/mol. The minimum absolute atomic E-state index is 0.231. The van der Waals surface area contributed by atoms with Crippen molar-refractivity contribution in [1.82, 2.24) is 10.6 Å². The van der Waals surface area contributed by atoms with Gasteiger partial charge in [-0.15, -0.1) is 0 Å². The number of hydrogen-bond acceptors (Lipinski definition) is 3. The summed E-state index contributed by atoms with van der Waals surface area (Å²) in [6, 6.07) is -0.871. The first-order chi connectivity index (χ1) is 17.7. The molecule has 0 bridgehead atoms. The van der Waals surface area contributed by atoms with Crippen LogP contribution in [0.3, 0.4) is 0 Å². The Kier molecular flexibility index (Phi) is 28.1. The molecule has 0 aliphatic heterocycles. The molecule has 5 nitrogen and oxygen atoms in total. The summed E-state index contributed by atoms with van der Waals surface area (Å²) in [6.45, 7) is 4.93. The van der Waals surface area contributed by atoms with Gasteiger partial charge in [0.2, 0.25) is 0 Å². The molecule has 0 fully saturated rings. The Bertz CT molecular complexity index is 448. The van der Waals surface area contributed by atoms with Gasteiger partial charge in [0.15, 0.2) is 0 Å². The van der Waals surface area contributed by atoms with Gasteiger partial charge in [-0.1, -0.05) is 155 Å². The van der Waals surface area contributed by atoms with E-state index >= 15 is 0 Å². The molecule has 4 N–H and O–H groups in total. The fourth-order valence-electron chi connectivity index (χ4n) is 4.87. The van der Waals surface area contributed by atoms with E-state index < -0.39 is 12.1 Å². The normalized spacial score (nSPS) is 13.0. The van der Waals surface area contributed by atoms with Gasteiger partial charge in [0, 0.05) is 6.54 Å². The number of rotatable bonds is 28. The van der Waals surface area contributed by atoms with Gasteiger partial charge in [-0.05, 0) is 12.8 Å². The van der Waals surface area contributed by atoms with Crippen molar-refractivity contribution < 1.29 is 15.0 Å². The highest BCUT2D eigenvalue weighted by Crippen LogP contribution is 2.14. The number of aliphatic hydroxyl groups is 2. The van der Waals surface area contributed by atoms with E-state index in [1.165, 1.54) is 122 Å². The smallest absolute Gasteiger partial charge is 0.315 e. The lowest BCUT2D eigenvalue weighted by molar-refractivity contribution is 0.0847. The number of nitrogens with one attached hydrogen (secondary N) is 2. The second-order valence-electron chi connectivity index (χ2n) is 11.0. The van der Waals surface area contributed by atoms with Crippen LogP contribution in [0.25, 0.3) is 0 Å². The molecular formula is C31H64N2O3. The Morgan fingerprint density at radius 2 is 0.944 bits per heavy atom. The molecule has 0 heterocycles. The van der Waals surface area contributed by atoms with E-state index in [-0.39, 0.29) is 12.6 Å². The summed E-state index contributed by atoms with van der Waals surface area (Å²) in [6.07, 6.45) is 29.5. The van der Waals surface area contributed by atoms with Crippen molar-refractivity contribution in [3.05, 3.63) is 0 Å². The molecule has 0 radical (unpaired) electrons. The Labute approximate surface area is 225 Å². The first-order valence-electron chi connectivity index (χ1n) is 16.0. The van der Waals surface area contributed by atoms with Crippen molar-refractivity contribution in [2.45, 2.75) is 180 Å². The molecule has 0 aromatic carbocycles. The van der Waals surface area contributed by atoms with Crippen LogP contribution in [-0.2, 0) is 0 Å². The Morgan fingerprint density at radius 1 is 0.583 bits per heavy atom. The van der Waals surface area contributed by atoms with Crippen molar-refractivity contribution in [3.8, 4) is 0 Å². The first-order valence-corrected chi connectivity index (χ1v) is 16.0. The number of urea groups is 1. The maximum Gasteiger partial charge on any atom is 0.315 e. The van der Waals surface area contributed by atoms with Crippen LogP contribution in [-0.4, -0.2) is 41.5 Å². The molecular weight excluding hydrogens is 448 g/mol. The molecule has 0 aromatic rings. The molecule has 36 heavy (non-hydrogen) atoms. The molecule has 0 rings (SSSR count). The topological polar surface area (TPSA) is 81.6 Å². The summed E-state index contributed by atoms with van der Waals surface area (Å²) < 4.78 is 0. The molecule has 0 spiro atoms. The highest BCUT2D eigenvalue weighted by Gasteiger charge is 2.19. The summed E-state index contributed by atoms with van der Waals surface area (Å²) in [4.78, 5) is 12.1. The van der Waals surface area contributed by atoms with Crippen molar-refractivity contribution >= 4 is 6.03 Å². The lowest BCUT2D eigenvalue weighted by atomic mass is 10.0. The van der Waals surface area contributed by atoms with Gasteiger partial charge in [-0.2, -0.15) is 0 Å².